The Balaban J connectivity index is 2.61. The van der Waals surface area contributed by atoms with Crippen molar-refractivity contribution < 1.29 is 13.5 Å². The monoisotopic (exact) mass is 309 g/mol. The van der Waals surface area contributed by atoms with Crippen molar-refractivity contribution >= 4 is 27.2 Å². The van der Waals surface area contributed by atoms with Crippen LogP contribution in [-0.4, -0.2) is 71.3 Å². The van der Waals surface area contributed by atoms with E-state index in [0.29, 0.717) is 32.7 Å². The SMILES string of the molecule is CC(C(N)=S)S(=O)(=O)N1CCN(CC(C)(C)O)CC1. The van der Waals surface area contributed by atoms with Crippen LogP contribution in [0.2, 0.25) is 0 Å². The summed E-state index contributed by atoms with van der Waals surface area (Å²) in [6, 6.07) is 0. The molecule has 0 aromatic rings. The van der Waals surface area contributed by atoms with Crippen LogP contribution in [0, 0.1) is 0 Å². The highest BCUT2D eigenvalue weighted by molar-refractivity contribution is 7.92. The molecular formula is C11H23N3O3S2. The maximum atomic E-state index is 12.2. The first-order valence-corrected chi connectivity index (χ1v) is 8.18. The minimum Gasteiger partial charge on any atom is -0.392 e. The molecule has 0 amide bonds. The van der Waals surface area contributed by atoms with Crippen LogP contribution < -0.4 is 5.73 Å². The van der Waals surface area contributed by atoms with E-state index in [4.69, 9.17) is 18.0 Å². The van der Waals surface area contributed by atoms with Gasteiger partial charge in [0, 0.05) is 32.7 Å². The Kier molecular flexibility index (Phi) is 5.30. The van der Waals surface area contributed by atoms with Gasteiger partial charge in [-0.25, -0.2) is 8.42 Å². The molecule has 0 aliphatic carbocycles. The fraction of sp³-hybridized carbons (Fsp3) is 0.909. The molecule has 0 spiro atoms. The van der Waals surface area contributed by atoms with Crippen LogP contribution in [0.1, 0.15) is 20.8 Å². The number of β-amino-alcohol motifs (C(OH)–C–C–N with tert-alkyl or cyclic N) is 1. The van der Waals surface area contributed by atoms with E-state index in [1.54, 1.807) is 13.8 Å². The summed E-state index contributed by atoms with van der Waals surface area (Å²) in [6.45, 7) is 7.56. The average molecular weight is 309 g/mol. The predicted octanol–water partition coefficient (Wildman–Crippen LogP) is -0.621. The highest BCUT2D eigenvalue weighted by Crippen LogP contribution is 2.14. The predicted molar refractivity (Wildman–Crippen MR) is 79.5 cm³/mol. The van der Waals surface area contributed by atoms with Gasteiger partial charge in [-0.15, -0.1) is 0 Å². The van der Waals surface area contributed by atoms with Crippen LogP contribution >= 0.6 is 12.2 Å². The van der Waals surface area contributed by atoms with Crippen LogP contribution in [0.3, 0.4) is 0 Å². The van der Waals surface area contributed by atoms with Gasteiger partial charge in [-0.05, 0) is 20.8 Å². The molecule has 1 aliphatic heterocycles. The molecule has 1 aliphatic rings. The Hall–Kier alpha value is -0.280. The number of thiocarbonyl (C=S) groups is 1. The van der Waals surface area contributed by atoms with E-state index >= 15 is 0 Å². The van der Waals surface area contributed by atoms with Crippen molar-refractivity contribution in [2.45, 2.75) is 31.6 Å². The standard InChI is InChI=1S/C11H23N3O3S2/c1-9(10(12)18)19(16,17)14-6-4-13(5-7-14)8-11(2,3)15/h9,15H,4-8H2,1-3H3,(H2,12,18). The summed E-state index contributed by atoms with van der Waals surface area (Å²) < 4.78 is 25.8. The van der Waals surface area contributed by atoms with Crippen molar-refractivity contribution in [3.8, 4) is 0 Å². The minimum absolute atomic E-state index is 0.000999. The summed E-state index contributed by atoms with van der Waals surface area (Å²) in [4.78, 5) is 2.05. The van der Waals surface area contributed by atoms with E-state index in [1.807, 2.05) is 0 Å². The molecule has 0 saturated carbocycles. The van der Waals surface area contributed by atoms with Crippen LogP contribution in [-0.2, 0) is 10.0 Å². The summed E-state index contributed by atoms with van der Waals surface area (Å²) in [5.74, 6) is 0. The van der Waals surface area contributed by atoms with Crippen molar-refractivity contribution in [3.05, 3.63) is 0 Å². The van der Waals surface area contributed by atoms with Crippen molar-refractivity contribution in [2.75, 3.05) is 32.7 Å². The maximum absolute atomic E-state index is 12.2. The molecule has 1 saturated heterocycles. The number of rotatable bonds is 5. The van der Waals surface area contributed by atoms with Gasteiger partial charge in [-0.2, -0.15) is 4.31 Å². The number of nitrogens with zero attached hydrogens (tertiary/aromatic N) is 2. The third kappa shape index (κ3) is 4.64. The molecule has 0 aromatic heterocycles. The van der Waals surface area contributed by atoms with Crippen LogP contribution in [0.25, 0.3) is 0 Å². The van der Waals surface area contributed by atoms with Gasteiger partial charge < -0.3 is 10.8 Å². The lowest BCUT2D eigenvalue weighted by Gasteiger charge is -2.37. The van der Waals surface area contributed by atoms with E-state index in [0.717, 1.165) is 0 Å². The first-order chi connectivity index (χ1) is 8.54. The topological polar surface area (TPSA) is 86.9 Å². The Morgan fingerprint density at radius 2 is 1.84 bits per heavy atom. The highest BCUT2D eigenvalue weighted by Gasteiger charge is 2.33. The van der Waals surface area contributed by atoms with Gasteiger partial charge in [0.2, 0.25) is 10.0 Å². The quantitative estimate of drug-likeness (QED) is 0.658. The molecule has 3 N–H and O–H groups in total. The lowest BCUT2D eigenvalue weighted by molar-refractivity contribution is 0.0263. The average Bonchev–Trinajstić information content (AvgIpc) is 2.26. The Labute approximate surface area is 120 Å². The Morgan fingerprint density at radius 3 is 2.21 bits per heavy atom. The van der Waals surface area contributed by atoms with Gasteiger partial charge in [0.15, 0.2) is 0 Å². The van der Waals surface area contributed by atoms with Gasteiger partial charge in [-0.3, -0.25) is 4.90 Å². The second-order valence-electron chi connectivity index (χ2n) is 5.58. The molecule has 1 heterocycles. The molecule has 1 unspecified atom stereocenters. The zero-order valence-electron chi connectivity index (χ0n) is 11.7. The molecule has 0 aromatic carbocycles. The van der Waals surface area contributed by atoms with E-state index in [9.17, 15) is 13.5 Å². The molecule has 6 nitrogen and oxygen atoms in total. The first-order valence-electron chi connectivity index (χ1n) is 6.27. The number of sulfonamides is 1. The smallest absolute Gasteiger partial charge is 0.223 e. The highest BCUT2D eigenvalue weighted by atomic mass is 32.2. The summed E-state index contributed by atoms with van der Waals surface area (Å²) in [7, 11) is -3.45. The molecule has 0 radical (unpaired) electrons. The largest absolute Gasteiger partial charge is 0.392 e. The summed E-state index contributed by atoms with van der Waals surface area (Å²) >= 11 is 4.76. The Morgan fingerprint density at radius 1 is 1.37 bits per heavy atom. The van der Waals surface area contributed by atoms with Gasteiger partial charge in [0.1, 0.15) is 5.25 Å². The van der Waals surface area contributed by atoms with Crippen molar-refractivity contribution in [1.29, 1.82) is 0 Å². The van der Waals surface area contributed by atoms with Gasteiger partial charge in [0.05, 0.1) is 10.6 Å². The van der Waals surface area contributed by atoms with Crippen LogP contribution in [0.5, 0.6) is 0 Å². The lowest BCUT2D eigenvalue weighted by atomic mass is 10.1. The molecule has 1 fully saturated rings. The van der Waals surface area contributed by atoms with Crippen molar-refractivity contribution in [1.82, 2.24) is 9.21 Å². The Bertz CT molecular complexity index is 423. The second-order valence-corrected chi connectivity index (χ2v) is 8.30. The number of nitrogens with two attached hydrogens (primary N) is 1. The molecule has 1 rings (SSSR count). The fourth-order valence-corrected chi connectivity index (χ4v) is 3.84. The molecule has 0 bridgehead atoms. The summed E-state index contributed by atoms with van der Waals surface area (Å²) in [5.41, 5.74) is 4.65. The molecule has 112 valence electrons. The molecule has 19 heavy (non-hydrogen) atoms. The molecular weight excluding hydrogens is 286 g/mol. The normalized spacial score (nSPS) is 21.3. The summed E-state index contributed by atoms with van der Waals surface area (Å²) in [6.07, 6.45) is 0. The fourth-order valence-electron chi connectivity index (χ4n) is 2.06. The third-order valence-electron chi connectivity index (χ3n) is 3.15. The van der Waals surface area contributed by atoms with Gasteiger partial charge in [0.25, 0.3) is 0 Å². The van der Waals surface area contributed by atoms with E-state index in [2.05, 4.69) is 4.90 Å². The van der Waals surface area contributed by atoms with Crippen LogP contribution in [0.15, 0.2) is 0 Å². The number of aliphatic hydroxyl groups is 1. The summed E-state index contributed by atoms with van der Waals surface area (Å²) in [5, 5.41) is 8.92. The van der Waals surface area contributed by atoms with Crippen molar-refractivity contribution in [2.24, 2.45) is 5.73 Å². The van der Waals surface area contributed by atoms with Gasteiger partial charge in [-0.1, -0.05) is 12.2 Å². The maximum Gasteiger partial charge on any atom is 0.223 e. The van der Waals surface area contributed by atoms with Crippen LogP contribution in [0.4, 0.5) is 0 Å². The zero-order chi connectivity index (χ0) is 14.8. The lowest BCUT2D eigenvalue weighted by Crippen LogP contribution is -2.54. The van der Waals surface area contributed by atoms with E-state index in [-0.39, 0.29) is 4.99 Å². The van der Waals surface area contributed by atoms with E-state index < -0.39 is 20.9 Å². The first kappa shape index (κ1) is 16.8. The number of hydrogen-bond donors (Lipinski definition) is 2. The van der Waals surface area contributed by atoms with E-state index in [1.165, 1.54) is 11.2 Å². The van der Waals surface area contributed by atoms with Crippen molar-refractivity contribution in [3.63, 3.8) is 0 Å². The molecule has 1 atom stereocenters. The number of piperazine rings is 1. The third-order valence-corrected chi connectivity index (χ3v) is 5.88. The minimum atomic E-state index is -3.45. The number of hydrogen-bond acceptors (Lipinski definition) is 5. The molecule has 8 heteroatoms. The zero-order valence-corrected chi connectivity index (χ0v) is 13.3. The van der Waals surface area contributed by atoms with Gasteiger partial charge >= 0.3 is 0 Å². The second kappa shape index (κ2) is 6.01.